The standard InChI is InChI=1S/C29H38F2N4O5/c1-18-20(12-9-13-22(18)36)25(38)33-21(16-19-10-7-6-8-11-19)23(37)27(40)35-17-29(30,31)28(2,3)24(35)26(39)32-14-15-34(4)5/h6-13,21,23-24,36-37H,14-17H2,1-5H3,(H,32,39)(H,33,38). The Morgan fingerprint density at radius 2 is 1.75 bits per heavy atom. The van der Waals surface area contributed by atoms with E-state index in [1.54, 1.807) is 51.4 Å². The third kappa shape index (κ3) is 6.59. The van der Waals surface area contributed by atoms with Crippen LogP contribution in [0.5, 0.6) is 5.75 Å². The third-order valence-electron chi connectivity index (χ3n) is 7.50. The topological polar surface area (TPSA) is 122 Å². The summed E-state index contributed by atoms with van der Waals surface area (Å²) in [4.78, 5) is 42.5. The molecule has 1 fully saturated rings. The number of aromatic hydroxyl groups is 1. The number of nitrogens with one attached hydrogen (secondary N) is 2. The molecular weight excluding hydrogens is 522 g/mol. The number of likely N-dealkylation sites (tertiary alicyclic amines) is 1. The highest BCUT2D eigenvalue weighted by Crippen LogP contribution is 2.48. The Labute approximate surface area is 233 Å². The number of phenolic OH excluding ortho intramolecular Hbond substituents is 1. The first-order valence-electron chi connectivity index (χ1n) is 13.1. The van der Waals surface area contributed by atoms with E-state index < -0.39 is 53.8 Å². The lowest BCUT2D eigenvalue weighted by molar-refractivity contribution is -0.148. The zero-order valence-corrected chi connectivity index (χ0v) is 23.4. The fourth-order valence-corrected chi connectivity index (χ4v) is 4.84. The number of hydrogen-bond donors (Lipinski definition) is 4. The van der Waals surface area contributed by atoms with E-state index in [0.29, 0.717) is 17.7 Å². The molecule has 0 aliphatic carbocycles. The summed E-state index contributed by atoms with van der Waals surface area (Å²) in [5.74, 6) is -6.02. The Morgan fingerprint density at radius 1 is 1.10 bits per heavy atom. The second-order valence-corrected chi connectivity index (χ2v) is 11.1. The predicted molar refractivity (Wildman–Crippen MR) is 146 cm³/mol. The normalized spacial score (nSPS) is 19.2. The van der Waals surface area contributed by atoms with Crippen molar-refractivity contribution in [2.24, 2.45) is 5.41 Å². The van der Waals surface area contributed by atoms with E-state index in [0.717, 1.165) is 4.90 Å². The van der Waals surface area contributed by atoms with E-state index in [1.807, 2.05) is 4.90 Å². The van der Waals surface area contributed by atoms with Gasteiger partial charge in [0.2, 0.25) is 5.91 Å². The molecule has 2 aromatic carbocycles. The monoisotopic (exact) mass is 560 g/mol. The minimum Gasteiger partial charge on any atom is -0.508 e. The van der Waals surface area contributed by atoms with Gasteiger partial charge in [0.1, 0.15) is 11.8 Å². The van der Waals surface area contributed by atoms with E-state index in [9.17, 15) is 24.6 Å². The van der Waals surface area contributed by atoms with Crippen LogP contribution in [0.4, 0.5) is 8.78 Å². The van der Waals surface area contributed by atoms with Crippen LogP contribution in [0.2, 0.25) is 0 Å². The minimum atomic E-state index is -3.41. The van der Waals surface area contributed by atoms with Crippen LogP contribution in [0.25, 0.3) is 0 Å². The molecule has 3 atom stereocenters. The number of alkyl halides is 2. The van der Waals surface area contributed by atoms with E-state index in [-0.39, 0.29) is 24.3 Å². The summed E-state index contributed by atoms with van der Waals surface area (Å²) in [6.07, 6.45) is -1.94. The van der Waals surface area contributed by atoms with Crippen LogP contribution >= 0.6 is 0 Å². The molecule has 0 spiro atoms. The molecule has 0 saturated carbocycles. The van der Waals surface area contributed by atoms with Gasteiger partial charge in [-0.1, -0.05) is 50.2 Å². The molecule has 3 amide bonds. The van der Waals surface area contributed by atoms with Gasteiger partial charge < -0.3 is 30.6 Å². The molecule has 1 aliphatic rings. The van der Waals surface area contributed by atoms with Crippen molar-refractivity contribution in [3.63, 3.8) is 0 Å². The van der Waals surface area contributed by atoms with E-state index in [2.05, 4.69) is 10.6 Å². The Morgan fingerprint density at radius 3 is 2.38 bits per heavy atom. The predicted octanol–water partition coefficient (Wildman–Crippen LogP) is 1.95. The van der Waals surface area contributed by atoms with Crippen LogP contribution in [0, 0.1) is 12.3 Å². The van der Waals surface area contributed by atoms with Gasteiger partial charge in [-0.25, -0.2) is 8.78 Å². The number of rotatable bonds is 10. The number of nitrogens with zero attached hydrogens (tertiary/aromatic N) is 2. The fourth-order valence-electron chi connectivity index (χ4n) is 4.84. The average molecular weight is 561 g/mol. The Kier molecular flexibility index (Phi) is 9.52. The lowest BCUT2D eigenvalue weighted by Gasteiger charge is -2.34. The number of aliphatic hydroxyl groups is 1. The molecule has 4 N–H and O–H groups in total. The van der Waals surface area contributed by atoms with Gasteiger partial charge in [-0.15, -0.1) is 0 Å². The van der Waals surface area contributed by atoms with Crippen molar-refractivity contribution < 1.29 is 33.4 Å². The highest BCUT2D eigenvalue weighted by Gasteiger charge is 2.64. The second-order valence-electron chi connectivity index (χ2n) is 11.1. The molecular formula is C29H38F2N4O5. The van der Waals surface area contributed by atoms with Crippen molar-refractivity contribution in [1.29, 1.82) is 0 Å². The molecule has 0 aromatic heterocycles. The van der Waals surface area contributed by atoms with Crippen molar-refractivity contribution in [2.75, 3.05) is 33.7 Å². The number of hydrogen-bond acceptors (Lipinski definition) is 6. The quantitative estimate of drug-likeness (QED) is 0.353. The largest absolute Gasteiger partial charge is 0.508 e. The number of phenols is 1. The van der Waals surface area contributed by atoms with Gasteiger partial charge in [-0.05, 0) is 45.1 Å². The summed E-state index contributed by atoms with van der Waals surface area (Å²) in [7, 11) is 3.59. The molecule has 0 bridgehead atoms. The van der Waals surface area contributed by atoms with Crippen LogP contribution < -0.4 is 10.6 Å². The molecule has 40 heavy (non-hydrogen) atoms. The highest BCUT2D eigenvalue weighted by atomic mass is 19.3. The number of carbonyl (C=O) groups excluding carboxylic acids is 3. The molecule has 11 heteroatoms. The maximum atomic E-state index is 15.2. The van der Waals surface area contributed by atoms with E-state index in [1.165, 1.54) is 32.0 Å². The second kappa shape index (κ2) is 12.3. The van der Waals surface area contributed by atoms with Crippen LogP contribution in [0.3, 0.4) is 0 Å². The number of amides is 3. The van der Waals surface area contributed by atoms with Crippen LogP contribution in [0.15, 0.2) is 48.5 Å². The Balaban J connectivity index is 1.92. The molecule has 3 rings (SSSR count). The average Bonchev–Trinajstić information content (AvgIpc) is 3.08. The van der Waals surface area contributed by atoms with Gasteiger partial charge in [0.05, 0.1) is 18.0 Å². The number of benzene rings is 2. The van der Waals surface area contributed by atoms with Crippen molar-refractivity contribution in [3.8, 4) is 5.75 Å². The first kappa shape index (κ1) is 31.0. The summed E-state index contributed by atoms with van der Waals surface area (Å²) in [6.45, 7) is 3.58. The van der Waals surface area contributed by atoms with E-state index in [4.69, 9.17) is 0 Å². The zero-order chi connectivity index (χ0) is 29.8. The summed E-state index contributed by atoms with van der Waals surface area (Å²) in [5, 5.41) is 26.6. The van der Waals surface area contributed by atoms with Gasteiger partial charge in [-0.3, -0.25) is 14.4 Å². The highest BCUT2D eigenvalue weighted by molar-refractivity contribution is 5.97. The molecule has 1 heterocycles. The lowest BCUT2D eigenvalue weighted by Crippen LogP contribution is -2.58. The molecule has 1 aliphatic heterocycles. The smallest absolute Gasteiger partial charge is 0.272 e. The number of likely N-dealkylation sites (N-methyl/N-ethyl adjacent to an activating group) is 1. The van der Waals surface area contributed by atoms with Crippen LogP contribution in [-0.2, 0) is 16.0 Å². The summed E-state index contributed by atoms with van der Waals surface area (Å²) >= 11 is 0. The van der Waals surface area contributed by atoms with Gasteiger partial charge in [0.25, 0.3) is 17.7 Å². The van der Waals surface area contributed by atoms with Crippen molar-refractivity contribution >= 4 is 17.7 Å². The lowest BCUT2D eigenvalue weighted by atomic mass is 9.81. The maximum absolute atomic E-state index is 15.2. The fraction of sp³-hybridized carbons (Fsp3) is 0.483. The molecule has 9 nitrogen and oxygen atoms in total. The maximum Gasteiger partial charge on any atom is 0.272 e. The SMILES string of the molecule is Cc1c(O)cccc1C(=O)NC(Cc1ccccc1)C(O)C(=O)N1CC(F)(F)C(C)(C)C1C(=O)NCCN(C)C. The summed E-state index contributed by atoms with van der Waals surface area (Å²) in [6, 6.07) is 10.4. The molecule has 0 radical (unpaired) electrons. The summed E-state index contributed by atoms with van der Waals surface area (Å²) < 4.78 is 30.3. The van der Waals surface area contributed by atoms with Crippen LogP contribution in [-0.4, -0.2) is 95.6 Å². The molecule has 1 saturated heterocycles. The first-order valence-corrected chi connectivity index (χ1v) is 13.1. The number of halogens is 2. The van der Waals surface area contributed by atoms with Gasteiger partial charge in [0, 0.05) is 24.2 Å². The number of carbonyl (C=O) groups is 3. The van der Waals surface area contributed by atoms with E-state index >= 15 is 8.78 Å². The third-order valence-corrected chi connectivity index (χ3v) is 7.50. The van der Waals surface area contributed by atoms with Gasteiger partial charge >= 0.3 is 0 Å². The zero-order valence-electron chi connectivity index (χ0n) is 23.4. The van der Waals surface area contributed by atoms with Crippen LogP contribution in [0.1, 0.15) is 35.3 Å². The first-order chi connectivity index (χ1) is 18.7. The van der Waals surface area contributed by atoms with Gasteiger partial charge in [0.15, 0.2) is 6.10 Å². The van der Waals surface area contributed by atoms with Crippen molar-refractivity contribution in [3.05, 3.63) is 65.2 Å². The van der Waals surface area contributed by atoms with Crippen molar-refractivity contribution in [2.45, 2.75) is 51.3 Å². The molecule has 3 unspecified atom stereocenters. The minimum absolute atomic E-state index is 0.00464. The van der Waals surface area contributed by atoms with Crippen molar-refractivity contribution in [1.82, 2.24) is 20.4 Å². The Bertz CT molecular complexity index is 1220. The number of aliphatic hydroxyl groups excluding tert-OH is 1. The summed E-state index contributed by atoms with van der Waals surface area (Å²) in [5.41, 5.74) is -0.807. The molecule has 2 aromatic rings. The van der Waals surface area contributed by atoms with Gasteiger partial charge in [-0.2, -0.15) is 0 Å². The molecule has 218 valence electrons. The Hall–Kier alpha value is -3.57.